The van der Waals surface area contributed by atoms with Crippen LogP contribution in [-0.2, 0) is 0 Å². The minimum atomic E-state index is -0.912. The zero-order chi connectivity index (χ0) is 15.7. The predicted molar refractivity (Wildman–Crippen MR) is 91.8 cm³/mol. The fourth-order valence-electron chi connectivity index (χ4n) is 3.82. The number of aromatic hydroxyl groups is 1. The Morgan fingerprint density at radius 1 is 0.783 bits per heavy atom. The van der Waals surface area contributed by atoms with Gasteiger partial charge in [-0.25, -0.2) is 0 Å². The molecule has 3 heteroatoms. The number of phenols is 1. The van der Waals surface area contributed by atoms with Gasteiger partial charge in [-0.2, -0.15) is 0 Å². The zero-order valence-electron chi connectivity index (χ0n) is 12.2. The van der Waals surface area contributed by atoms with Crippen molar-refractivity contribution in [2.24, 2.45) is 0 Å². The highest BCUT2D eigenvalue weighted by atomic mass is 16.3. The van der Waals surface area contributed by atoms with Crippen LogP contribution in [0.1, 0.15) is 17.2 Å². The molecular formula is C20H14O3. The first-order valence-corrected chi connectivity index (χ1v) is 7.63. The summed E-state index contributed by atoms with van der Waals surface area (Å²) in [4.78, 5) is 0. The van der Waals surface area contributed by atoms with Gasteiger partial charge < -0.3 is 15.3 Å². The first-order valence-electron chi connectivity index (χ1n) is 7.63. The fraction of sp³-hybridized carbons (Fsp3) is 0.100. The lowest BCUT2D eigenvalue weighted by molar-refractivity contribution is 0.0472. The molecule has 2 atom stereocenters. The molecule has 0 heterocycles. The predicted octanol–water partition coefficient (Wildman–Crippen LogP) is 3.71. The van der Waals surface area contributed by atoms with E-state index < -0.39 is 12.2 Å². The van der Waals surface area contributed by atoms with Crippen LogP contribution in [0.25, 0.3) is 38.4 Å². The van der Waals surface area contributed by atoms with E-state index >= 15 is 0 Å². The summed E-state index contributed by atoms with van der Waals surface area (Å²) >= 11 is 0. The summed E-state index contributed by atoms with van der Waals surface area (Å²) in [6, 6.07) is 13.5. The van der Waals surface area contributed by atoms with Crippen LogP contribution in [0.4, 0.5) is 0 Å². The Bertz CT molecular complexity index is 1110. The lowest BCUT2D eigenvalue weighted by Crippen LogP contribution is -2.19. The van der Waals surface area contributed by atoms with Crippen molar-refractivity contribution in [3.8, 4) is 5.75 Å². The number of hydrogen-bond acceptors (Lipinski definition) is 3. The van der Waals surface area contributed by atoms with E-state index in [4.69, 9.17) is 0 Å². The van der Waals surface area contributed by atoms with Gasteiger partial charge in [0.15, 0.2) is 0 Å². The van der Waals surface area contributed by atoms with Crippen molar-refractivity contribution in [1.82, 2.24) is 0 Å². The molecule has 0 spiro atoms. The number of phenolic OH excluding ortho intramolecular Hbond substituents is 1. The molecular weight excluding hydrogens is 288 g/mol. The van der Waals surface area contributed by atoms with E-state index in [-0.39, 0.29) is 5.75 Å². The maximum Gasteiger partial charge on any atom is 0.123 e. The second-order valence-electron chi connectivity index (χ2n) is 6.18. The second kappa shape index (κ2) is 4.22. The van der Waals surface area contributed by atoms with Crippen molar-refractivity contribution < 1.29 is 15.3 Å². The minimum absolute atomic E-state index is 0.274. The Balaban J connectivity index is 2.05. The van der Waals surface area contributed by atoms with Crippen molar-refractivity contribution in [3.63, 3.8) is 0 Å². The van der Waals surface area contributed by atoms with E-state index in [2.05, 4.69) is 0 Å². The Morgan fingerprint density at radius 2 is 1.48 bits per heavy atom. The first-order chi connectivity index (χ1) is 11.1. The molecule has 23 heavy (non-hydrogen) atoms. The molecule has 0 unspecified atom stereocenters. The molecule has 0 fully saturated rings. The van der Waals surface area contributed by atoms with E-state index in [0.29, 0.717) is 0 Å². The van der Waals surface area contributed by atoms with Gasteiger partial charge in [0.2, 0.25) is 0 Å². The maximum absolute atomic E-state index is 10.3. The summed E-state index contributed by atoms with van der Waals surface area (Å²) < 4.78 is 0. The summed E-state index contributed by atoms with van der Waals surface area (Å²) in [6.45, 7) is 0. The van der Waals surface area contributed by atoms with Crippen molar-refractivity contribution >= 4 is 38.4 Å². The van der Waals surface area contributed by atoms with Gasteiger partial charge in [0.1, 0.15) is 18.0 Å². The molecule has 0 amide bonds. The fourth-order valence-corrected chi connectivity index (χ4v) is 3.82. The molecule has 0 radical (unpaired) electrons. The second-order valence-corrected chi connectivity index (χ2v) is 6.18. The molecule has 0 bridgehead atoms. The van der Waals surface area contributed by atoms with E-state index in [1.165, 1.54) is 0 Å². The topological polar surface area (TPSA) is 60.7 Å². The lowest BCUT2D eigenvalue weighted by atomic mass is 9.84. The summed E-state index contributed by atoms with van der Waals surface area (Å²) in [5.41, 5.74) is 1.68. The maximum atomic E-state index is 10.3. The summed E-state index contributed by atoms with van der Waals surface area (Å²) in [7, 11) is 0. The Labute approximate surface area is 132 Å². The molecule has 3 N–H and O–H groups in total. The Kier molecular flexibility index (Phi) is 2.36. The van der Waals surface area contributed by atoms with Gasteiger partial charge in [0.05, 0.1) is 0 Å². The third kappa shape index (κ3) is 1.55. The van der Waals surface area contributed by atoms with Gasteiger partial charge in [-0.15, -0.1) is 0 Å². The molecule has 1 aliphatic carbocycles. The standard InChI is InChI=1S/C20H14O3/c21-16-7-3-10-1-2-11-9-15-12(6-8-17(22)20(15)23)13-4-5-14(16)18(10)19(11)13/h1-9,17,20-23H/t17-,20-/m1/s1. The molecule has 3 nitrogen and oxygen atoms in total. The first kappa shape index (κ1) is 12.9. The average molecular weight is 302 g/mol. The third-order valence-electron chi connectivity index (χ3n) is 4.94. The summed E-state index contributed by atoms with van der Waals surface area (Å²) in [5, 5.41) is 36.5. The highest BCUT2D eigenvalue weighted by Gasteiger charge is 2.25. The Hall–Kier alpha value is -2.62. The van der Waals surface area contributed by atoms with Crippen LogP contribution in [0.5, 0.6) is 5.75 Å². The number of rotatable bonds is 0. The zero-order valence-corrected chi connectivity index (χ0v) is 12.2. The van der Waals surface area contributed by atoms with Gasteiger partial charge in [-0.3, -0.25) is 0 Å². The molecule has 0 aliphatic heterocycles. The normalized spacial score (nSPS) is 20.6. The van der Waals surface area contributed by atoms with Gasteiger partial charge in [-0.05, 0) is 50.9 Å². The molecule has 0 aromatic heterocycles. The van der Waals surface area contributed by atoms with E-state index in [1.54, 1.807) is 12.1 Å². The van der Waals surface area contributed by atoms with Crippen LogP contribution in [-0.4, -0.2) is 21.4 Å². The molecule has 0 saturated heterocycles. The molecule has 1 aliphatic rings. The quantitative estimate of drug-likeness (QED) is 0.434. The smallest absolute Gasteiger partial charge is 0.123 e. The van der Waals surface area contributed by atoms with Crippen molar-refractivity contribution in [1.29, 1.82) is 0 Å². The minimum Gasteiger partial charge on any atom is -0.507 e. The van der Waals surface area contributed by atoms with Crippen LogP contribution < -0.4 is 0 Å². The van der Waals surface area contributed by atoms with Crippen LogP contribution >= 0.6 is 0 Å². The van der Waals surface area contributed by atoms with Gasteiger partial charge in [-0.1, -0.05) is 36.4 Å². The molecule has 0 saturated carbocycles. The lowest BCUT2D eigenvalue weighted by Gasteiger charge is -2.24. The number of fused-ring (bicyclic) bond motifs is 2. The molecule has 4 aromatic carbocycles. The number of hydrogen-bond donors (Lipinski definition) is 3. The van der Waals surface area contributed by atoms with Crippen molar-refractivity contribution in [2.45, 2.75) is 12.2 Å². The summed E-state index contributed by atoms with van der Waals surface area (Å²) in [6.07, 6.45) is 1.71. The number of aliphatic hydroxyl groups excluding tert-OH is 2. The Morgan fingerprint density at radius 3 is 2.35 bits per heavy atom. The van der Waals surface area contributed by atoms with Crippen LogP contribution in [0.2, 0.25) is 0 Å². The van der Waals surface area contributed by atoms with E-state index in [0.717, 1.165) is 43.4 Å². The SMILES string of the molecule is Oc1ccc2ccc3cc4c(c5ccc1c2c35)C=C[C@@H](O)[C@@H]4O. The van der Waals surface area contributed by atoms with Crippen LogP contribution in [0.3, 0.4) is 0 Å². The molecule has 112 valence electrons. The van der Waals surface area contributed by atoms with Gasteiger partial charge in [0, 0.05) is 10.8 Å². The monoisotopic (exact) mass is 302 g/mol. The number of benzene rings is 4. The van der Waals surface area contributed by atoms with Crippen LogP contribution in [0.15, 0.2) is 48.5 Å². The molecule has 4 aromatic rings. The van der Waals surface area contributed by atoms with Crippen LogP contribution in [0, 0.1) is 0 Å². The van der Waals surface area contributed by atoms with Gasteiger partial charge in [0.25, 0.3) is 0 Å². The molecule has 5 rings (SSSR count). The average Bonchev–Trinajstić information content (AvgIpc) is 2.57. The third-order valence-corrected chi connectivity index (χ3v) is 4.94. The van der Waals surface area contributed by atoms with E-state index in [1.807, 2.05) is 42.5 Å². The van der Waals surface area contributed by atoms with Crippen molar-refractivity contribution in [2.75, 3.05) is 0 Å². The highest BCUT2D eigenvalue weighted by Crippen LogP contribution is 2.43. The largest absolute Gasteiger partial charge is 0.507 e. The summed E-state index contributed by atoms with van der Waals surface area (Å²) in [5.74, 6) is 0.274. The van der Waals surface area contributed by atoms with E-state index in [9.17, 15) is 15.3 Å². The number of aliphatic hydroxyl groups is 2. The highest BCUT2D eigenvalue weighted by molar-refractivity contribution is 6.25. The van der Waals surface area contributed by atoms with Crippen molar-refractivity contribution in [3.05, 3.63) is 59.7 Å². The van der Waals surface area contributed by atoms with Gasteiger partial charge >= 0.3 is 0 Å².